The van der Waals surface area contributed by atoms with Crippen molar-refractivity contribution in [2.75, 3.05) is 18.7 Å². The van der Waals surface area contributed by atoms with Gasteiger partial charge >= 0.3 is 0 Å². The Kier molecular flexibility index (Phi) is 4.63. The van der Waals surface area contributed by atoms with Gasteiger partial charge in [-0.3, -0.25) is 4.79 Å². The molecule has 0 unspecified atom stereocenters. The minimum Gasteiger partial charge on any atom is -0.497 e. The zero-order valence-electron chi connectivity index (χ0n) is 11.2. The van der Waals surface area contributed by atoms with Gasteiger partial charge in [-0.1, -0.05) is 0 Å². The number of sulfone groups is 1. The molecule has 106 valence electrons. The number of methoxy groups -OCH3 is 1. The maximum absolute atomic E-state index is 12.1. The molecule has 1 aromatic carbocycles. The summed E-state index contributed by atoms with van der Waals surface area (Å²) in [6.07, 6.45) is 1.03. The standard InChI is InChI=1S/C12H16BrNO4S/c1-12(2,19(4,16)17)11(15)14-10-7-8(18-3)5-6-9(10)13/h5-7H,1-4H3,(H,14,15). The molecular weight excluding hydrogens is 334 g/mol. The van der Waals surface area contributed by atoms with E-state index in [0.29, 0.717) is 15.9 Å². The predicted molar refractivity (Wildman–Crippen MR) is 78.2 cm³/mol. The van der Waals surface area contributed by atoms with E-state index in [-0.39, 0.29) is 0 Å². The molecule has 0 radical (unpaired) electrons. The van der Waals surface area contributed by atoms with Crippen LogP contribution in [0.3, 0.4) is 0 Å². The molecule has 0 aliphatic carbocycles. The number of ether oxygens (including phenoxy) is 1. The third-order valence-corrected chi connectivity index (χ3v) is 5.63. The molecule has 1 amide bonds. The molecule has 0 saturated carbocycles. The van der Waals surface area contributed by atoms with E-state index >= 15 is 0 Å². The number of amides is 1. The van der Waals surface area contributed by atoms with Gasteiger partial charge in [0.25, 0.3) is 0 Å². The highest BCUT2D eigenvalue weighted by molar-refractivity contribution is 9.10. The van der Waals surface area contributed by atoms with E-state index in [9.17, 15) is 13.2 Å². The highest BCUT2D eigenvalue weighted by atomic mass is 79.9. The van der Waals surface area contributed by atoms with E-state index in [4.69, 9.17) is 4.74 Å². The van der Waals surface area contributed by atoms with Gasteiger partial charge in [0, 0.05) is 16.8 Å². The number of anilines is 1. The summed E-state index contributed by atoms with van der Waals surface area (Å²) in [6, 6.07) is 5.05. The molecule has 0 spiro atoms. The largest absolute Gasteiger partial charge is 0.497 e. The van der Waals surface area contributed by atoms with Crippen LogP contribution in [0.5, 0.6) is 5.75 Å². The number of hydrogen-bond donors (Lipinski definition) is 1. The minimum absolute atomic E-state index is 0.459. The summed E-state index contributed by atoms with van der Waals surface area (Å²) in [6.45, 7) is 2.73. The zero-order chi connectivity index (χ0) is 14.8. The summed E-state index contributed by atoms with van der Waals surface area (Å²) >= 11 is 3.29. The fraction of sp³-hybridized carbons (Fsp3) is 0.417. The van der Waals surface area contributed by atoms with Crippen molar-refractivity contribution in [3.63, 3.8) is 0 Å². The van der Waals surface area contributed by atoms with Crippen LogP contribution in [0.25, 0.3) is 0 Å². The van der Waals surface area contributed by atoms with E-state index in [2.05, 4.69) is 21.2 Å². The lowest BCUT2D eigenvalue weighted by molar-refractivity contribution is -0.117. The van der Waals surface area contributed by atoms with Gasteiger partial charge in [-0.05, 0) is 41.9 Å². The lowest BCUT2D eigenvalue weighted by atomic mass is 10.2. The van der Waals surface area contributed by atoms with Gasteiger partial charge in [0.05, 0.1) is 12.8 Å². The minimum atomic E-state index is -3.51. The summed E-state index contributed by atoms with van der Waals surface area (Å²) < 4.78 is 27.4. The second-order valence-corrected chi connectivity index (χ2v) is 8.00. The number of carbonyl (C=O) groups excluding carboxylic acids is 1. The number of carbonyl (C=O) groups is 1. The quantitative estimate of drug-likeness (QED) is 0.904. The van der Waals surface area contributed by atoms with Crippen LogP contribution < -0.4 is 10.1 Å². The van der Waals surface area contributed by atoms with Gasteiger partial charge in [0.2, 0.25) is 5.91 Å². The van der Waals surface area contributed by atoms with E-state index < -0.39 is 20.5 Å². The molecule has 0 heterocycles. The van der Waals surface area contributed by atoms with Crippen LogP contribution in [-0.4, -0.2) is 32.4 Å². The summed E-state index contributed by atoms with van der Waals surface area (Å²) in [5.41, 5.74) is 0.459. The van der Waals surface area contributed by atoms with Gasteiger partial charge in [-0.25, -0.2) is 8.42 Å². The van der Waals surface area contributed by atoms with Crippen LogP contribution in [0.15, 0.2) is 22.7 Å². The first-order valence-corrected chi connectivity index (χ1v) is 8.12. The smallest absolute Gasteiger partial charge is 0.245 e. The van der Waals surface area contributed by atoms with Crippen LogP contribution in [-0.2, 0) is 14.6 Å². The number of benzene rings is 1. The van der Waals surface area contributed by atoms with Crippen molar-refractivity contribution < 1.29 is 17.9 Å². The number of hydrogen-bond acceptors (Lipinski definition) is 4. The molecular formula is C12H16BrNO4S. The third-order valence-electron chi connectivity index (χ3n) is 2.90. The van der Waals surface area contributed by atoms with Crippen LogP contribution in [0.2, 0.25) is 0 Å². The molecule has 7 heteroatoms. The Hall–Kier alpha value is -1.08. The van der Waals surface area contributed by atoms with Crippen molar-refractivity contribution in [1.82, 2.24) is 0 Å². The van der Waals surface area contributed by atoms with Crippen LogP contribution in [0.4, 0.5) is 5.69 Å². The van der Waals surface area contributed by atoms with Crippen molar-refractivity contribution >= 4 is 37.4 Å². The highest BCUT2D eigenvalue weighted by Crippen LogP contribution is 2.28. The van der Waals surface area contributed by atoms with Gasteiger partial charge in [0.1, 0.15) is 10.5 Å². The van der Waals surface area contributed by atoms with E-state index in [1.165, 1.54) is 21.0 Å². The first-order valence-electron chi connectivity index (χ1n) is 5.44. The van der Waals surface area contributed by atoms with E-state index in [0.717, 1.165) is 6.26 Å². The Balaban J connectivity index is 3.07. The first kappa shape index (κ1) is 16.0. The molecule has 1 N–H and O–H groups in total. The predicted octanol–water partition coefficient (Wildman–Crippen LogP) is 2.22. The second-order valence-electron chi connectivity index (χ2n) is 4.58. The number of halogens is 1. The summed E-state index contributed by atoms with van der Waals surface area (Å²) in [5.74, 6) is -0.0281. The number of nitrogens with one attached hydrogen (secondary N) is 1. The fourth-order valence-corrected chi connectivity index (χ4v) is 1.90. The van der Waals surface area contributed by atoms with Crippen LogP contribution in [0.1, 0.15) is 13.8 Å². The Morgan fingerprint density at radius 1 is 1.37 bits per heavy atom. The SMILES string of the molecule is COc1ccc(Br)c(NC(=O)C(C)(C)S(C)(=O)=O)c1. The monoisotopic (exact) mass is 349 g/mol. The van der Waals surface area contributed by atoms with Gasteiger partial charge in [-0.2, -0.15) is 0 Å². The molecule has 0 aromatic heterocycles. The molecule has 0 atom stereocenters. The van der Waals surface area contributed by atoms with Gasteiger partial charge < -0.3 is 10.1 Å². The van der Waals surface area contributed by atoms with E-state index in [1.54, 1.807) is 18.2 Å². The molecule has 0 saturated heterocycles. The maximum Gasteiger partial charge on any atom is 0.245 e. The zero-order valence-corrected chi connectivity index (χ0v) is 13.6. The summed E-state index contributed by atoms with van der Waals surface area (Å²) in [7, 11) is -2.00. The second kappa shape index (κ2) is 5.50. The van der Waals surface area contributed by atoms with Crippen LogP contribution in [0, 0.1) is 0 Å². The average Bonchev–Trinajstić information content (AvgIpc) is 2.30. The first-order chi connectivity index (χ1) is 8.59. The lowest BCUT2D eigenvalue weighted by Crippen LogP contribution is -2.43. The Labute approximate surface area is 121 Å². The van der Waals surface area contributed by atoms with Gasteiger partial charge in [-0.15, -0.1) is 0 Å². The van der Waals surface area contributed by atoms with Crippen molar-refractivity contribution in [3.8, 4) is 5.75 Å². The van der Waals surface area contributed by atoms with E-state index in [1.807, 2.05) is 0 Å². The third kappa shape index (κ3) is 3.48. The molecule has 0 bridgehead atoms. The molecule has 1 aromatic rings. The molecule has 19 heavy (non-hydrogen) atoms. The summed E-state index contributed by atoms with van der Waals surface area (Å²) in [5, 5.41) is 2.59. The molecule has 5 nitrogen and oxygen atoms in total. The maximum atomic E-state index is 12.1. The topological polar surface area (TPSA) is 72.5 Å². The van der Waals surface area contributed by atoms with Crippen LogP contribution >= 0.6 is 15.9 Å². The van der Waals surface area contributed by atoms with Crippen molar-refractivity contribution in [1.29, 1.82) is 0 Å². The highest BCUT2D eigenvalue weighted by Gasteiger charge is 2.38. The Morgan fingerprint density at radius 3 is 2.42 bits per heavy atom. The lowest BCUT2D eigenvalue weighted by Gasteiger charge is -2.22. The normalized spacial score (nSPS) is 12.1. The summed E-state index contributed by atoms with van der Waals surface area (Å²) in [4.78, 5) is 12.1. The molecule has 0 aliphatic heterocycles. The number of rotatable bonds is 4. The van der Waals surface area contributed by atoms with Crippen molar-refractivity contribution in [3.05, 3.63) is 22.7 Å². The Morgan fingerprint density at radius 2 is 1.95 bits per heavy atom. The Bertz CT molecular complexity index is 596. The average molecular weight is 350 g/mol. The molecule has 0 aliphatic rings. The van der Waals surface area contributed by atoms with Gasteiger partial charge in [0.15, 0.2) is 9.84 Å². The van der Waals surface area contributed by atoms with Crippen molar-refractivity contribution in [2.24, 2.45) is 0 Å². The fourth-order valence-electron chi connectivity index (χ4n) is 1.17. The van der Waals surface area contributed by atoms with Crippen molar-refractivity contribution in [2.45, 2.75) is 18.6 Å². The molecule has 0 fully saturated rings. The molecule has 1 rings (SSSR count).